The van der Waals surface area contributed by atoms with E-state index in [2.05, 4.69) is 114 Å². The molecule has 0 saturated heterocycles. The van der Waals surface area contributed by atoms with Gasteiger partial charge in [0.2, 0.25) is 0 Å². The predicted octanol–water partition coefficient (Wildman–Crippen LogP) is 9.25. The standard InChI is InChI=1S/C33H37N2.Ir/c1-20(2)24-14-11-15-25(21(3)4)30(24)31-22(5)34-32-27-13-10-9-12-26(27)28-18-23(19-33(6,7)8)16-17-29(28)35(31)32;/h9-12,14-18,20-21H,19H2,1-8H3;/q-1;. The second kappa shape index (κ2) is 9.76. The number of nitrogens with zero attached hydrogens (tertiary/aromatic N) is 2. The second-order valence-corrected chi connectivity index (χ2v) is 11.9. The number of hydrogen-bond acceptors (Lipinski definition) is 1. The van der Waals surface area contributed by atoms with E-state index in [1.54, 1.807) is 0 Å². The number of fused-ring (bicyclic) bond motifs is 6. The molecule has 2 nitrogen and oxygen atoms in total. The summed E-state index contributed by atoms with van der Waals surface area (Å²) in [6, 6.07) is 23.7. The summed E-state index contributed by atoms with van der Waals surface area (Å²) in [6.45, 7) is 18.3. The topological polar surface area (TPSA) is 17.3 Å². The van der Waals surface area contributed by atoms with Gasteiger partial charge in [0.05, 0.1) is 17.0 Å². The van der Waals surface area contributed by atoms with Crippen LogP contribution in [0.5, 0.6) is 0 Å². The zero-order valence-corrected chi connectivity index (χ0v) is 25.2. The summed E-state index contributed by atoms with van der Waals surface area (Å²) in [5.74, 6) is 0.843. The minimum Gasteiger partial charge on any atom is -0.333 e. The van der Waals surface area contributed by atoms with E-state index in [0.29, 0.717) is 11.8 Å². The van der Waals surface area contributed by atoms with Gasteiger partial charge < -0.3 is 4.40 Å². The molecular weight excluding hydrogens is 617 g/mol. The van der Waals surface area contributed by atoms with Crippen molar-refractivity contribution in [3.05, 3.63) is 83.0 Å². The number of hydrogen-bond donors (Lipinski definition) is 0. The fraction of sp³-hybridized carbons (Fsp3) is 0.364. The molecule has 0 aliphatic heterocycles. The molecule has 1 radical (unpaired) electrons. The monoisotopic (exact) mass is 654 g/mol. The molecule has 0 amide bonds. The molecule has 0 unspecified atom stereocenters. The fourth-order valence-electron chi connectivity index (χ4n) is 5.61. The van der Waals surface area contributed by atoms with Crippen LogP contribution < -0.4 is 0 Å². The second-order valence-electron chi connectivity index (χ2n) is 11.9. The molecule has 0 saturated carbocycles. The van der Waals surface area contributed by atoms with Crippen molar-refractivity contribution in [2.45, 2.75) is 73.6 Å². The van der Waals surface area contributed by atoms with Crippen LogP contribution in [0.3, 0.4) is 0 Å². The maximum atomic E-state index is 5.18. The SMILES string of the molecule is Cc1nc2c3[c-]cccc3c3cc(CC(C)(C)C)ccc3n2c1-c1c(C(C)C)cccc1C(C)C.[Ir]. The minimum absolute atomic E-state index is 0. The largest absolute Gasteiger partial charge is 0.333 e. The van der Waals surface area contributed by atoms with Crippen molar-refractivity contribution >= 4 is 27.3 Å². The molecular formula is C33H37IrN2-. The molecule has 0 bridgehead atoms. The average Bonchev–Trinajstić information content (AvgIpc) is 3.14. The molecule has 0 N–H and O–H groups in total. The van der Waals surface area contributed by atoms with Crippen molar-refractivity contribution in [1.82, 2.24) is 9.38 Å². The number of aromatic nitrogens is 2. The molecule has 0 aliphatic rings. The Morgan fingerprint density at radius 3 is 2.17 bits per heavy atom. The molecule has 3 heteroatoms. The number of aryl methyl sites for hydroxylation is 1. The van der Waals surface area contributed by atoms with Crippen LogP contribution >= 0.6 is 0 Å². The van der Waals surface area contributed by atoms with E-state index in [0.717, 1.165) is 23.1 Å². The zero-order chi connectivity index (χ0) is 25.1. The Hall–Kier alpha value is -2.48. The normalized spacial score (nSPS) is 12.3. The van der Waals surface area contributed by atoms with Gasteiger partial charge in [0.1, 0.15) is 0 Å². The van der Waals surface area contributed by atoms with Crippen molar-refractivity contribution in [1.29, 1.82) is 0 Å². The van der Waals surface area contributed by atoms with Crippen molar-refractivity contribution in [2.75, 3.05) is 0 Å². The summed E-state index contributed by atoms with van der Waals surface area (Å²) in [6.07, 6.45) is 1.04. The van der Waals surface area contributed by atoms with Crippen molar-refractivity contribution < 1.29 is 20.1 Å². The van der Waals surface area contributed by atoms with Crippen LogP contribution in [-0.4, -0.2) is 9.38 Å². The maximum absolute atomic E-state index is 5.18. The van der Waals surface area contributed by atoms with Gasteiger partial charge in [-0.3, -0.25) is 4.98 Å². The molecule has 0 aliphatic carbocycles. The van der Waals surface area contributed by atoms with E-state index in [1.165, 1.54) is 44.2 Å². The van der Waals surface area contributed by atoms with Crippen molar-refractivity contribution in [3.63, 3.8) is 0 Å². The number of rotatable bonds is 4. The summed E-state index contributed by atoms with van der Waals surface area (Å²) in [5, 5.41) is 3.59. The van der Waals surface area contributed by atoms with Gasteiger partial charge in [-0.05, 0) is 58.7 Å². The Balaban J connectivity index is 0.00000304. The first-order chi connectivity index (χ1) is 16.6. The van der Waals surface area contributed by atoms with Gasteiger partial charge in [-0.1, -0.05) is 84.2 Å². The van der Waals surface area contributed by atoms with Crippen molar-refractivity contribution in [3.8, 4) is 11.3 Å². The van der Waals surface area contributed by atoms with Crippen LogP contribution in [0.2, 0.25) is 0 Å². The molecule has 189 valence electrons. The third-order valence-electron chi connectivity index (χ3n) is 7.07. The van der Waals surface area contributed by atoms with Gasteiger partial charge in [0, 0.05) is 31.2 Å². The first-order valence-electron chi connectivity index (χ1n) is 12.9. The quantitative estimate of drug-likeness (QED) is 0.140. The Kier molecular flexibility index (Phi) is 7.21. The molecule has 5 aromatic rings. The van der Waals surface area contributed by atoms with Crippen LogP contribution in [0.1, 0.15) is 82.7 Å². The molecule has 2 heterocycles. The molecule has 0 spiro atoms. The molecule has 3 aromatic carbocycles. The van der Waals surface area contributed by atoms with Gasteiger partial charge in [0.15, 0.2) is 0 Å². The van der Waals surface area contributed by atoms with Crippen LogP contribution in [0, 0.1) is 18.4 Å². The van der Waals surface area contributed by atoms with Gasteiger partial charge in [-0.2, -0.15) is 0 Å². The third kappa shape index (κ3) is 4.53. The summed E-state index contributed by atoms with van der Waals surface area (Å²) in [5.41, 5.74) is 10.2. The fourth-order valence-corrected chi connectivity index (χ4v) is 5.61. The number of pyridine rings is 1. The molecule has 5 rings (SSSR count). The third-order valence-corrected chi connectivity index (χ3v) is 7.07. The minimum atomic E-state index is 0. The first kappa shape index (κ1) is 26.6. The van der Waals surface area contributed by atoms with Gasteiger partial charge >= 0.3 is 0 Å². The molecule has 0 fully saturated rings. The predicted molar refractivity (Wildman–Crippen MR) is 151 cm³/mol. The Labute approximate surface area is 229 Å². The van der Waals surface area contributed by atoms with E-state index in [4.69, 9.17) is 4.98 Å². The molecule has 0 atom stereocenters. The smallest absolute Gasteiger partial charge is 0.0669 e. The average molecular weight is 654 g/mol. The Morgan fingerprint density at radius 2 is 1.56 bits per heavy atom. The van der Waals surface area contributed by atoms with E-state index in [-0.39, 0.29) is 25.5 Å². The summed E-state index contributed by atoms with van der Waals surface area (Å²) in [4.78, 5) is 5.18. The van der Waals surface area contributed by atoms with Gasteiger partial charge in [-0.15, -0.1) is 29.7 Å². The number of imidazole rings is 1. The molecule has 36 heavy (non-hydrogen) atoms. The molecule has 2 aromatic heterocycles. The van der Waals surface area contributed by atoms with E-state index in [9.17, 15) is 0 Å². The van der Waals surface area contributed by atoms with Crippen LogP contribution in [0.4, 0.5) is 0 Å². The summed E-state index contributed by atoms with van der Waals surface area (Å²) >= 11 is 0. The van der Waals surface area contributed by atoms with Crippen LogP contribution in [0.25, 0.3) is 38.6 Å². The van der Waals surface area contributed by atoms with Gasteiger partial charge in [0.25, 0.3) is 0 Å². The van der Waals surface area contributed by atoms with Crippen LogP contribution in [0.15, 0.2) is 54.6 Å². The summed E-state index contributed by atoms with van der Waals surface area (Å²) in [7, 11) is 0. The first-order valence-corrected chi connectivity index (χ1v) is 12.9. The number of benzene rings is 3. The van der Waals surface area contributed by atoms with Crippen molar-refractivity contribution in [2.24, 2.45) is 5.41 Å². The Morgan fingerprint density at radius 1 is 0.889 bits per heavy atom. The maximum Gasteiger partial charge on any atom is 0.0669 e. The van der Waals surface area contributed by atoms with Gasteiger partial charge in [-0.25, -0.2) is 0 Å². The van der Waals surface area contributed by atoms with E-state index >= 15 is 0 Å². The Bertz CT molecular complexity index is 1540. The van der Waals surface area contributed by atoms with E-state index < -0.39 is 0 Å². The van der Waals surface area contributed by atoms with E-state index in [1.807, 2.05) is 6.07 Å². The summed E-state index contributed by atoms with van der Waals surface area (Å²) < 4.78 is 2.41. The zero-order valence-electron chi connectivity index (χ0n) is 22.8. The van der Waals surface area contributed by atoms with Crippen LogP contribution in [-0.2, 0) is 26.5 Å².